The molecule has 15 heavy (non-hydrogen) atoms. The number of hydrogen-bond donors (Lipinski definition) is 1. The molecule has 2 aliphatic rings. The summed E-state index contributed by atoms with van der Waals surface area (Å²) in [5, 5.41) is 10.1. The summed E-state index contributed by atoms with van der Waals surface area (Å²) in [6.07, 6.45) is 5.22. The largest absolute Gasteiger partial charge is 0.390 e. The van der Waals surface area contributed by atoms with E-state index in [1.807, 2.05) is 13.8 Å². The van der Waals surface area contributed by atoms with E-state index in [-0.39, 0.29) is 17.8 Å². The molecule has 0 radical (unpaired) electrons. The quantitative estimate of drug-likeness (QED) is 0.570. The highest BCUT2D eigenvalue weighted by atomic mass is 16.7. The minimum absolute atomic E-state index is 0.164. The average Bonchev–Trinajstić information content (AvgIpc) is 2.68. The summed E-state index contributed by atoms with van der Waals surface area (Å²) in [5.41, 5.74) is -0.674. The Balaban J connectivity index is 2.30. The van der Waals surface area contributed by atoms with Gasteiger partial charge in [-0.05, 0) is 26.2 Å². The summed E-state index contributed by atoms with van der Waals surface area (Å²) in [6, 6.07) is 0. The van der Waals surface area contributed by atoms with E-state index in [9.17, 15) is 5.11 Å². The van der Waals surface area contributed by atoms with Crippen molar-refractivity contribution < 1.29 is 14.6 Å². The van der Waals surface area contributed by atoms with Crippen LogP contribution in [0.5, 0.6) is 0 Å². The van der Waals surface area contributed by atoms with Gasteiger partial charge in [0.15, 0.2) is 5.79 Å². The first-order chi connectivity index (χ1) is 6.95. The first-order valence-corrected chi connectivity index (χ1v) is 5.46. The van der Waals surface area contributed by atoms with Gasteiger partial charge in [0.25, 0.3) is 0 Å². The molecule has 0 heterocycles. The van der Waals surface area contributed by atoms with Crippen LogP contribution in [0, 0.1) is 17.8 Å². The fourth-order valence-corrected chi connectivity index (χ4v) is 3.23. The molecule has 0 saturated heterocycles. The summed E-state index contributed by atoms with van der Waals surface area (Å²) in [6.45, 7) is 3.73. The highest BCUT2D eigenvalue weighted by Crippen LogP contribution is 2.56. The minimum Gasteiger partial charge on any atom is -0.390 e. The Morgan fingerprint density at radius 3 is 2.20 bits per heavy atom. The van der Waals surface area contributed by atoms with Crippen LogP contribution in [0.1, 0.15) is 20.3 Å². The predicted octanol–water partition coefficient (Wildman–Crippen LogP) is 1.57. The first-order valence-electron chi connectivity index (χ1n) is 5.46. The molecule has 86 valence electrons. The zero-order valence-electron chi connectivity index (χ0n) is 9.86. The molecule has 3 heteroatoms. The highest BCUT2D eigenvalue weighted by Gasteiger charge is 2.60. The third kappa shape index (κ3) is 1.37. The van der Waals surface area contributed by atoms with Gasteiger partial charge in [-0.2, -0.15) is 0 Å². The molecule has 0 aliphatic heterocycles. The fourth-order valence-electron chi connectivity index (χ4n) is 3.23. The lowest BCUT2D eigenvalue weighted by molar-refractivity contribution is -0.235. The number of aliphatic hydroxyl groups is 1. The normalized spacial score (nSPS) is 37.5. The van der Waals surface area contributed by atoms with E-state index in [0.717, 1.165) is 6.42 Å². The smallest absolute Gasteiger partial charge is 0.180 e. The summed E-state index contributed by atoms with van der Waals surface area (Å²) < 4.78 is 11.1. The van der Waals surface area contributed by atoms with Crippen LogP contribution in [-0.2, 0) is 9.47 Å². The Morgan fingerprint density at radius 1 is 1.27 bits per heavy atom. The van der Waals surface area contributed by atoms with E-state index in [0.29, 0.717) is 0 Å². The molecule has 0 unspecified atom stereocenters. The van der Waals surface area contributed by atoms with Crippen LogP contribution in [-0.4, -0.2) is 30.7 Å². The topological polar surface area (TPSA) is 38.7 Å². The van der Waals surface area contributed by atoms with Gasteiger partial charge in [0.2, 0.25) is 0 Å². The molecule has 2 aliphatic carbocycles. The van der Waals surface area contributed by atoms with Crippen LogP contribution in [0.3, 0.4) is 0 Å². The number of hydrogen-bond acceptors (Lipinski definition) is 3. The monoisotopic (exact) mass is 212 g/mol. The van der Waals surface area contributed by atoms with Gasteiger partial charge in [0.05, 0.1) is 5.60 Å². The lowest BCUT2D eigenvalue weighted by atomic mass is 9.80. The molecule has 0 amide bonds. The van der Waals surface area contributed by atoms with E-state index in [1.165, 1.54) is 0 Å². The van der Waals surface area contributed by atoms with Crippen LogP contribution in [0.25, 0.3) is 0 Å². The Bertz CT molecular complexity index is 273. The van der Waals surface area contributed by atoms with Crippen molar-refractivity contribution in [2.45, 2.75) is 31.7 Å². The Labute approximate surface area is 91.1 Å². The van der Waals surface area contributed by atoms with Crippen LogP contribution < -0.4 is 0 Å². The summed E-state index contributed by atoms with van der Waals surface area (Å²) >= 11 is 0. The molecule has 1 fully saturated rings. The number of methoxy groups -OCH3 is 2. The van der Waals surface area contributed by atoms with Crippen molar-refractivity contribution in [3.05, 3.63) is 12.2 Å². The van der Waals surface area contributed by atoms with Gasteiger partial charge in [0, 0.05) is 26.1 Å². The molecule has 3 atom stereocenters. The predicted molar refractivity (Wildman–Crippen MR) is 57.3 cm³/mol. The molecule has 2 rings (SSSR count). The Morgan fingerprint density at radius 2 is 1.87 bits per heavy atom. The maximum Gasteiger partial charge on any atom is 0.180 e. The number of rotatable bonds is 3. The van der Waals surface area contributed by atoms with Crippen molar-refractivity contribution in [3.63, 3.8) is 0 Å². The van der Waals surface area contributed by atoms with Crippen molar-refractivity contribution >= 4 is 0 Å². The van der Waals surface area contributed by atoms with Crippen LogP contribution >= 0.6 is 0 Å². The van der Waals surface area contributed by atoms with Crippen molar-refractivity contribution in [1.82, 2.24) is 0 Å². The Kier molecular flexibility index (Phi) is 2.45. The van der Waals surface area contributed by atoms with E-state index in [4.69, 9.17) is 9.47 Å². The molecule has 0 spiro atoms. The van der Waals surface area contributed by atoms with E-state index in [1.54, 1.807) is 14.2 Å². The Hall–Kier alpha value is -0.380. The van der Waals surface area contributed by atoms with Crippen LogP contribution in [0.4, 0.5) is 0 Å². The van der Waals surface area contributed by atoms with Gasteiger partial charge in [-0.15, -0.1) is 0 Å². The van der Waals surface area contributed by atoms with Crippen molar-refractivity contribution in [2.75, 3.05) is 14.2 Å². The molecule has 0 aromatic rings. The van der Waals surface area contributed by atoms with Gasteiger partial charge in [-0.25, -0.2) is 0 Å². The zero-order valence-corrected chi connectivity index (χ0v) is 9.86. The second-order valence-electron chi connectivity index (χ2n) is 5.14. The SMILES string of the molecule is COC1(OC)[C@@H]2C=C[C@H]1[C@@H](C(C)(C)O)C2. The van der Waals surface area contributed by atoms with E-state index in [2.05, 4.69) is 12.2 Å². The lowest BCUT2D eigenvalue weighted by Crippen LogP contribution is -2.43. The molecule has 1 saturated carbocycles. The maximum atomic E-state index is 10.1. The lowest BCUT2D eigenvalue weighted by Gasteiger charge is -2.35. The van der Waals surface area contributed by atoms with Gasteiger partial charge >= 0.3 is 0 Å². The second-order valence-corrected chi connectivity index (χ2v) is 5.14. The summed E-state index contributed by atoms with van der Waals surface area (Å²) in [4.78, 5) is 0. The van der Waals surface area contributed by atoms with E-state index < -0.39 is 11.4 Å². The fraction of sp³-hybridized carbons (Fsp3) is 0.833. The summed E-state index contributed by atoms with van der Waals surface area (Å²) in [5.74, 6) is 0.115. The molecular weight excluding hydrogens is 192 g/mol. The third-order valence-corrected chi connectivity index (χ3v) is 4.02. The van der Waals surface area contributed by atoms with Gasteiger partial charge < -0.3 is 14.6 Å². The first kappa shape index (κ1) is 11.1. The molecule has 0 aromatic heterocycles. The minimum atomic E-state index is -0.674. The molecule has 3 nitrogen and oxygen atoms in total. The molecule has 1 N–H and O–H groups in total. The van der Waals surface area contributed by atoms with E-state index >= 15 is 0 Å². The van der Waals surface area contributed by atoms with Gasteiger partial charge in [-0.3, -0.25) is 0 Å². The number of fused-ring (bicyclic) bond motifs is 2. The third-order valence-electron chi connectivity index (χ3n) is 4.02. The standard InChI is InChI=1S/C12H20O3/c1-11(2,13)10-7-8-5-6-9(10)12(8,14-3)15-4/h5-6,8-10,13H,7H2,1-4H3/t8-,9+,10+/m1/s1. The van der Waals surface area contributed by atoms with Crippen LogP contribution in [0.15, 0.2) is 12.2 Å². The van der Waals surface area contributed by atoms with Gasteiger partial charge in [-0.1, -0.05) is 12.2 Å². The van der Waals surface area contributed by atoms with Gasteiger partial charge in [0.1, 0.15) is 0 Å². The van der Waals surface area contributed by atoms with Crippen LogP contribution in [0.2, 0.25) is 0 Å². The number of ether oxygens (including phenoxy) is 2. The molecule has 2 bridgehead atoms. The van der Waals surface area contributed by atoms with Crippen molar-refractivity contribution in [1.29, 1.82) is 0 Å². The molecule has 0 aromatic carbocycles. The summed E-state index contributed by atoms with van der Waals surface area (Å²) in [7, 11) is 3.37. The molecular formula is C12H20O3. The average molecular weight is 212 g/mol. The van der Waals surface area contributed by atoms with Crippen molar-refractivity contribution in [2.24, 2.45) is 17.8 Å². The second kappa shape index (κ2) is 3.30. The highest BCUT2D eigenvalue weighted by molar-refractivity contribution is 5.21. The maximum absolute atomic E-state index is 10.1. The zero-order chi connectivity index (χ0) is 11.3. The van der Waals surface area contributed by atoms with Crippen molar-refractivity contribution in [3.8, 4) is 0 Å².